The molecule has 0 saturated heterocycles. The van der Waals surface area contributed by atoms with Gasteiger partial charge in [0.1, 0.15) is 18.3 Å². The van der Waals surface area contributed by atoms with Crippen molar-refractivity contribution < 1.29 is 23.8 Å². The van der Waals surface area contributed by atoms with Crippen LogP contribution >= 0.6 is 11.6 Å². The maximum atomic E-state index is 12.8. The second-order valence-corrected chi connectivity index (χ2v) is 8.94. The van der Waals surface area contributed by atoms with Gasteiger partial charge < -0.3 is 19.5 Å². The Morgan fingerprint density at radius 3 is 2.24 bits per heavy atom. The van der Waals surface area contributed by atoms with Gasteiger partial charge in [0.25, 0.3) is 5.91 Å². The van der Waals surface area contributed by atoms with Crippen molar-refractivity contribution in [3.05, 3.63) is 82.9 Å². The van der Waals surface area contributed by atoms with Crippen LogP contribution in [0.1, 0.15) is 25.0 Å². The highest BCUT2D eigenvalue weighted by molar-refractivity contribution is 6.30. The van der Waals surface area contributed by atoms with Gasteiger partial charge in [-0.25, -0.2) is 5.43 Å². The Bertz CT molecular complexity index is 1230. The van der Waals surface area contributed by atoms with Crippen LogP contribution in [0.5, 0.6) is 17.2 Å². The van der Waals surface area contributed by atoms with Crippen LogP contribution in [-0.4, -0.2) is 32.2 Å². The molecule has 3 aromatic rings. The number of hydrogen-bond donors (Lipinski definition) is 2. The second kappa shape index (κ2) is 13.3. The van der Waals surface area contributed by atoms with Gasteiger partial charge >= 0.3 is 0 Å². The molecule has 1 unspecified atom stereocenters. The minimum absolute atomic E-state index is 0.245. The quantitative estimate of drug-likeness (QED) is 0.202. The third kappa shape index (κ3) is 7.98. The molecule has 194 valence electrons. The summed E-state index contributed by atoms with van der Waals surface area (Å²) in [5.41, 5.74) is 4.68. The van der Waals surface area contributed by atoms with E-state index in [1.54, 1.807) is 82.7 Å². The predicted octanol–water partition coefficient (Wildman–Crippen LogP) is 5.30. The molecule has 0 aliphatic rings. The number of hydrogen-bond acceptors (Lipinski definition) is 6. The van der Waals surface area contributed by atoms with Gasteiger partial charge in [0.05, 0.1) is 20.4 Å². The highest BCUT2D eigenvalue weighted by atomic mass is 35.5. The van der Waals surface area contributed by atoms with E-state index in [0.717, 1.165) is 5.56 Å². The van der Waals surface area contributed by atoms with Gasteiger partial charge in [-0.3, -0.25) is 9.59 Å². The fourth-order valence-corrected chi connectivity index (χ4v) is 3.61. The average Bonchev–Trinajstić information content (AvgIpc) is 2.89. The first-order valence-electron chi connectivity index (χ1n) is 11.6. The van der Waals surface area contributed by atoms with Gasteiger partial charge in [-0.05, 0) is 71.6 Å². The van der Waals surface area contributed by atoms with Gasteiger partial charge in [-0.1, -0.05) is 37.6 Å². The number of nitrogens with one attached hydrogen (secondary N) is 2. The average molecular weight is 524 g/mol. The van der Waals surface area contributed by atoms with E-state index >= 15 is 0 Å². The third-order valence-corrected chi connectivity index (χ3v) is 5.72. The zero-order valence-electron chi connectivity index (χ0n) is 21.2. The summed E-state index contributed by atoms with van der Waals surface area (Å²) in [7, 11) is 3.11. The van der Waals surface area contributed by atoms with E-state index in [0.29, 0.717) is 40.1 Å². The van der Waals surface area contributed by atoms with Crippen LogP contribution in [-0.2, 0) is 16.2 Å². The van der Waals surface area contributed by atoms with Gasteiger partial charge in [0, 0.05) is 10.7 Å². The van der Waals surface area contributed by atoms with E-state index in [1.807, 2.05) is 12.1 Å². The molecule has 8 nitrogen and oxygen atoms in total. The Hall–Kier alpha value is -4.04. The van der Waals surface area contributed by atoms with Crippen molar-refractivity contribution in [3.8, 4) is 17.2 Å². The maximum absolute atomic E-state index is 12.8. The Morgan fingerprint density at radius 2 is 1.62 bits per heavy atom. The first kappa shape index (κ1) is 27.5. The van der Waals surface area contributed by atoms with Crippen LogP contribution in [0.25, 0.3) is 0 Å². The number of benzene rings is 3. The minimum Gasteiger partial charge on any atom is -0.497 e. The van der Waals surface area contributed by atoms with E-state index in [4.69, 9.17) is 25.8 Å². The lowest BCUT2D eigenvalue weighted by Gasteiger charge is -2.18. The Balaban J connectivity index is 1.60. The monoisotopic (exact) mass is 523 g/mol. The minimum atomic E-state index is -0.933. The van der Waals surface area contributed by atoms with Gasteiger partial charge in [-0.2, -0.15) is 5.10 Å². The van der Waals surface area contributed by atoms with Crippen molar-refractivity contribution in [2.45, 2.75) is 20.5 Å². The fraction of sp³-hybridized carbons (Fsp3) is 0.250. The molecule has 0 heterocycles. The van der Waals surface area contributed by atoms with Crippen LogP contribution < -0.4 is 25.0 Å². The number of amides is 2. The molecule has 3 rings (SSSR count). The van der Waals surface area contributed by atoms with Crippen molar-refractivity contribution in [2.24, 2.45) is 16.9 Å². The molecular weight excluding hydrogens is 494 g/mol. The normalized spacial score (nSPS) is 11.7. The summed E-state index contributed by atoms with van der Waals surface area (Å²) in [6.45, 7) is 3.95. The molecule has 0 saturated carbocycles. The number of halogens is 1. The lowest BCUT2D eigenvalue weighted by atomic mass is 9.94. The van der Waals surface area contributed by atoms with Crippen molar-refractivity contribution in [1.29, 1.82) is 0 Å². The van der Waals surface area contributed by atoms with Gasteiger partial charge in [0.15, 0.2) is 11.5 Å². The highest BCUT2D eigenvalue weighted by Gasteiger charge is 2.30. The van der Waals surface area contributed by atoms with E-state index in [1.165, 1.54) is 6.21 Å². The van der Waals surface area contributed by atoms with Crippen LogP contribution in [0.3, 0.4) is 0 Å². The molecule has 0 fully saturated rings. The van der Waals surface area contributed by atoms with Crippen molar-refractivity contribution in [2.75, 3.05) is 19.5 Å². The van der Waals surface area contributed by atoms with Crippen molar-refractivity contribution >= 4 is 35.3 Å². The molecule has 0 bridgehead atoms. The first-order chi connectivity index (χ1) is 17.8. The molecule has 2 N–H and O–H groups in total. The second-order valence-electron chi connectivity index (χ2n) is 8.50. The standard InChI is InChI=1S/C28H30ClN3O5/c1-18(2)26(27(33)31-22-10-12-23(35-3)13-11-22)28(34)32-30-16-20-7-14-24(25(15-20)36-4)37-17-19-5-8-21(29)9-6-19/h5-16,18,26H,17H2,1-4H3,(H,31,33)(H,32,34). The molecule has 2 amide bonds. The SMILES string of the molecule is COc1ccc(NC(=O)C(C(=O)NN=Cc2ccc(OCc3ccc(Cl)cc3)c(OC)c2)C(C)C)cc1. The maximum Gasteiger partial charge on any atom is 0.252 e. The number of anilines is 1. The predicted molar refractivity (Wildman–Crippen MR) is 144 cm³/mol. The summed E-state index contributed by atoms with van der Waals surface area (Å²) in [4.78, 5) is 25.6. The summed E-state index contributed by atoms with van der Waals surface area (Å²) in [6, 6.07) is 19.5. The molecular formula is C28H30ClN3O5. The largest absolute Gasteiger partial charge is 0.497 e. The van der Waals surface area contributed by atoms with Crippen molar-refractivity contribution in [3.63, 3.8) is 0 Å². The topological polar surface area (TPSA) is 98.2 Å². The Morgan fingerprint density at radius 1 is 0.919 bits per heavy atom. The summed E-state index contributed by atoms with van der Waals surface area (Å²) in [5, 5.41) is 7.46. The zero-order valence-corrected chi connectivity index (χ0v) is 21.9. The molecule has 37 heavy (non-hydrogen) atoms. The molecule has 1 atom stereocenters. The number of carbonyl (C=O) groups is 2. The van der Waals surface area contributed by atoms with E-state index < -0.39 is 17.7 Å². The highest BCUT2D eigenvalue weighted by Crippen LogP contribution is 2.28. The first-order valence-corrected chi connectivity index (χ1v) is 12.0. The van der Waals surface area contributed by atoms with Gasteiger partial charge in [0.2, 0.25) is 5.91 Å². The summed E-state index contributed by atoms with van der Waals surface area (Å²) >= 11 is 5.92. The van der Waals surface area contributed by atoms with E-state index in [-0.39, 0.29) is 5.92 Å². The number of hydrazone groups is 1. The molecule has 0 aliphatic carbocycles. The lowest BCUT2D eigenvalue weighted by molar-refractivity contribution is -0.134. The fourth-order valence-electron chi connectivity index (χ4n) is 3.48. The van der Waals surface area contributed by atoms with E-state index in [9.17, 15) is 9.59 Å². The van der Waals surface area contributed by atoms with Crippen LogP contribution in [0.2, 0.25) is 5.02 Å². The molecule has 9 heteroatoms. The Labute approximate surface area is 221 Å². The molecule has 0 aliphatic heterocycles. The number of carbonyl (C=O) groups excluding carboxylic acids is 2. The number of methoxy groups -OCH3 is 2. The van der Waals surface area contributed by atoms with Gasteiger partial charge in [-0.15, -0.1) is 0 Å². The third-order valence-electron chi connectivity index (χ3n) is 5.47. The number of ether oxygens (including phenoxy) is 3. The van der Waals surface area contributed by atoms with Crippen LogP contribution in [0, 0.1) is 11.8 Å². The van der Waals surface area contributed by atoms with Crippen LogP contribution in [0.4, 0.5) is 5.69 Å². The molecule has 3 aromatic carbocycles. The lowest BCUT2D eigenvalue weighted by Crippen LogP contribution is -2.39. The van der Waals surface area contributed by atoms with Crippen molar-refractivity contribution in [1.82, 2.24) is 5.43 Å². The zero-order chi connectivity index (χ0) is 26.8. The molecule has 0 aromatic heterocycles. The molecule has 0 radical (unpaired) electrons. The number of nitrogens with zero attached hydrogens (tertiary/aromatic N) is 1. The van der Waals surface area contributed by atoms with Crippen LogP contribution in [0.15, 0.2) is 71.8 Å². The number of rotatable bonds is 11. The summed E-state index contributed by atoms with van der Waals surface area (Å²) in [5.74, 6) is -0.355. The Kier molecular flexibility index (Phi) is 9.92. The smallest absolute Gasteiger partial charge is 0.252 e. The molecule has 0 spiro atoms. The summed E-state index contributed by atoms with van der Waals surface area (Å²) in [6.07, 6.45) is 1.47. The summed E-state index contributed by atoms with van der Waals surface area (Å²) < 4.78 is 16.4. The van der Waals surface area contributed by atoms with E-state index in [2.05, 4.69) is 15.8 Å².